The lowest BCUT2D eigenvalue weighted by Crippen LogP contribution is -1.75. The molecule has 0 heterocycles. The van der Waals surface area contributed by atoms with Gasteiger partial charge in [-0.2, -0.15) is 26.7 Å². The van der Waals surface area contributed by atoms with Crippen LogP contribution in [0.3, 0.4) is 0 Å². The predicted octanol–water partition coefficient (Wildman–Crippen LogP) is 0.630. The molecule has 0 radical (unpaired) electrons. The van der Waals surface area contributed by atoms with Crippen LogP contribution in [0.5, 0.6) is 0 Å². The van der Waals surface area contributed by atoms with Gasteiger partial charge in [-0.05, 0) is 0 Å². The van der Waals surface area contributed by atoms with Gasteiger partial charge in [0, 0.05) is 0 Å². The van der Waals surface area contributed by atoms with Gasteiger partial charge in [0.2, 0.25) is 0 Å². The molecule has 3 nitrogen and oxygen atoms in total. The minimum absolute atomic E-state index is 0. The minimum Gasteiger partial charge on any atom is -0.750 e. The van der Waals surface area contributed by atoms with Gasteiger partial charge >= 0.3 is 6.68 Å². The number of hydrogen-bond donors (Lipinski definition) is 1. The molecule has 1 atom stereocenters. The molecule has 1 unspecified atom stereocenters. The fourth-order valence-electron chi connectivity index (χ4n) is 0. The first kappa shape index (κ1) is 16.1. The molecule has 0 aromatic heterocycles. The van der Waals surface area contributed by atoms with Crippen LogP contribution >= 0.6 is 13.5 Å². The summed E-state index contributed by atoms with van der Waals surface area (Å²) < 4.78 is 53.1. The average Bonchev–Trinajstić information content (AvgIpc) is 1.25. The lowest BCUT2D eigenvalue weighted by molar-refractivity contribution is 0.00819. The first-order valence-electron chi connectivity index (χ1n) is 1.17. The normalized spacial score (nSPS) is 10.9. The van der Waals surface area contributed by atoms with E-state index in [1.54, 1.807) is 0 Å². The van der Waals surface area contributed by atoms with Crippen LogP contribution in [0.2, 0.25) is 0 Å². The van der Waals surface area contributed by atoms with Crippen molar-refractivity contribution >= 4 is 24.9 Å². The summed E-state index contributed by atoms with van der Waals surface area (Å²) in [4.78, 5) is 0. The van der Waals surface area contributed by atoms with E-state index in [0.717, 1.165) is 0 Å². The van der Waals surface area contributed by atoms with E-state index < -0.39 is 18.0 Å². The zero-order chi connectivity index (χ0) is 7.15. The second kappa shape index (κ2) is 11.1. The summed E-state index contributed by atoms with van der Waals surface area (Å²) in [5.74, 6) is 0. The summed E-state index contributed by atoms with van der Waals surface area (Å²) in [6, 6.07) is 0. The molecule has 0 amide bonds. The molecule has 0 fully saturated rings. The second-order valence-corrected chi connectivity index (χ2v) is 0.899. The number of rotatable bonds is 0. The van der Waals surface area contributed by atoms with Crippen LogP contribution in [0.15, 0.2) is 0 Å². The molecule has 0 spiro atoms. The summed E-state index contributed by atoms with van der Waals surface area (Å²) >= 11 is -2.86. The summed E-state index contributed by atoms with van der Waals surface area (Å²) in [5, 5.41) is 0. The van der Waals surface area contributed by atoms with Gasteiger partial charge in [-0.15, -0.1) is 0 Å². The maximum absolute atomic E-state index is 9.67. The van der Waals surface area contributed by atoms with E-state index in [2.05, 4.69) is 0 Å². The van der Waals surface area contributed by atoms with E-state index in [1.807, 2.05) is 0 Å². The van der Waals surface area contributed by atoms with Crippen molar-refractivity contribution < 1.29 is 26.5 Å². The molecule has 0 bridgehead atoms. The van der Waals surface area contributed by atoms with Crippen LogP contribution in [0.25, 0.3) is 0 Å². The van der Waals surface area contributed by atoms with Crippen molar-refractivity contribution in [2.75, 3.05) is 0 Å². The molecular formula is CH4F3O3S2-. The third kappa shape index (κ3) is 7180. The third-order valence-electron chi connectivity index (χ3n) is 0. The van der Waals surface area contributed by atoms with Crippen LogP contribution in [0, 0.1) is 0 Å². The van der Waals surface area contributed by atoms with Crippen molar-refractivity contribution in [1.29, 1.82) is 0 Å². The molecule has 0 aliphatic carbocycles. The fourth-order valence-corrected chi connectivity index (χ4v) is 0. The molecule has 0 aliphatic heterocycles. The first-order chi connectivity index (χ1) is 3.46. The third-order valence-corrected chi connectivity index (χ3v) is 0. The molecule has 8 heteroatoms. The van der Waals surface area contributed by atoms with E-state index in [0.29, 0.717) is 0 Å². The Hall–Kier alpha value is 0.210. The van der Waals surface area contributed by atoms with Crippen LogP contribution in [0.4, 0.5) is 13.2 Å². The molecule has 0 aromatic rings. The van der Waals surface area contributed by atoms with Gasteiger partial charge in [-0.1, -0.05) is 0 Å². The second-order valence-electron chi connectivity index (χ2n) is 0.465. The maximum atomic E-state index is 9.67. The van der Waals surface area contributed by atoms with E-state index in [-0.39, 0.29) is 13.5 Å². The van der Waals surface area contributed by atoms with Crippen LogP contribution < -0.4 is 0 Å². The van der Waals surface area contributed by atoms with E-state index in [9.17, 15) is 13.2 Å². The number of alkyl halides is 3. The fraction of sp³-hybridized carbons (Fsp3) is 1.00. The monoisotopic (exact) mass is 185 g/mol. The Balaban J connectivity index is -0.0000000720. The van der Waals surface area contributed by atoms with Crippen LogP contribution in [-0.2, 0) is 11.4 Å². The summed E-state index contributed by atoms with van der Waals surface area (Å²) in [5.41, 5.74) is 0. The van der Waals surface area contributed by atoms with Crippen molar-refractivity contribution in [2.24, 2.45) is 0 Å². The Morgan fingerprint density at radius 1 is 1.44 bits per heavy atom. The molecule has 0 aromatic carbocycles. The Kier molecular flexibility index (Phi) is 19.8. The van der Waals surface area contributed by atoms with Crippen LogP contribution in [0.1, 0.15) is 0 Å². The zero-order valence-electron chi connectivity index (χ0n) is 3.88. The SMILES string of the molecule is FC(F)F.O=S([O-])O.S. The van der Waals surface area contributed by atoms with Crippen LogP contribution in [-0.4, -0.2) is 20.0 Å². The molecular weight excluding hydrogens is 181 g/mol. The smallest absolute Gasteiger partial charge is 0.379 e. The van der Waals surface area contributed by atoms with Gasteiger partial charge < -0.3 is 9.11 Å². The van der Waals surface area contributed by atoms with Crippen molar-refractivity contribution in [2.45, 2.75) is 6.68 Å². The summed E-state index contributed by atoms with van der Waals surface area (Å²) in [6.07, 6.45) is 0. The highest BCUT2D eigenvalue weighted by molar-refractivity contribution is 7.73. The van der Waals surface area contributed by atoms with Gasteiger partial charge in [-0.25, -0.2) is 4.21 Å². The van der Waals surface area contributed by atoms with Crippen molar-refractivity contribution in [1.82, 2.24) is 0 Å². The van der Waals surface area contributed by atoms with Crippen molar-refractivity contribution in [3.05, 3.63) is 0 Å². The molecule has 1 N–H and O–H groups in total. The standard InChI is InChI=1S/CHF3.H2O3S.H2S/c2-1(3)4;1-4(2)3;/h1H;(H2,1,2,3);1H2/p-1. The molecule has 0 aliphatic rings. The molecule has 0 saturated heterocycles. The number of hydrogen-bond acceptors (Lipinski definition) is 2. The largest absolute Gasteiger partial charge is 0.750 e. The zero-order valence-corrected chi connectivity index (χ0v) is 5.70. The lowest BCUT2D eigenvalue weighted by atomic mass is 11.6. The molecule has 0 rings (SSSR count). The molecule has 60 valence electrons. The quantitative estimate of drug-likeness (QED) is 0.563. The Morgan fingerprint density at radius 2 is 1.44 bits per heavy atom. The molecule has 0 saturated carbocycles. The van der Waals surface area contributed by atoms with Crippen molar-refractivity contribution in [3.63, 3.8) is 0 Å². The van der Waals surface area contributed by atoms with Gasteiger partial charge in [0.15, 0.2) is 0 Å². The Bertz CT molecular complexity index is 61.3. The van der Waals surface area contributed by atoms with E-state index in [1.165, 1.54) is 0 Å². The van der Waals surface area contributed by atoms with Gasteiger partial charge in [-0.3, -0.25) is 0 Å². The number of halogens is 3. The lowest BCUT2D eigenvalue weighted by Gasteiger charge is -1.83. The maximum Gasteiger partial charge on any atom is 0.379 e. The highest BCUT2D eigenvalue weighted by Gasteiger charge is 1.86. The van der Waals surface area contributed by atoms with E-state index in [4.69, 9.17) is 13.3 Å². The summed E-state index contributed by atoms with van der Waals surface area (Å²) in [7, 11) is 0. The topological polar surface area (TPSA) is 60.4 Å². The van der Waals surface area contributed by atoms with E-state index >= 15 is 0 Å². The van der Waals surface area contributed by atoms with Gasteiger partial charge in [0.1, 0.15) is 0 Å². The Morgan fingerprint density at radius 3 is 1.44 bits per heavy atom. The van der Waals surface area contributed by atoms with Gasteiger partial charge in [0.25, 0.3) is 0 Å². The first-order valence-corrected chi connectivity index (χ1v) is 2.20. The summed E-state index contributed by atoms with van der Waals surface area (Å²) in [6.45, 7) is -3.67. The molecule has 9 heavy (non-hydrogen) atoms. The predicted molar refractivity (Wildman–Crippen MR) is 29.0 cm³/mol. The highest BCUT2D eigenvalue weighted by atomic mass is 32.2. The van der Waals surface area contributed by atoms with Crippen molar-refractivity contribution in [3.8, 4) is 0 Å². The Labute approximate surface area is 58.8 Å². The van der Waals surface area contributed by atoms with Gasteiger partial charge in [0.05, 0.1) is 11.4 Å². The highest BCUT2D eigenvalue weighted by Crippen LogP contribution is 1.87. The minimum atomic E-state index is -3.67. The average molecular weight is 185 g/mol.